The second-order valence-corrected chi connectivity index (χ2v) is 7.99. The number of aromatic hydroxyl groups is 1. The van der Waals surface area contributed by atoms with Crippen molar-refractivity contribution in [2.75, 3.05) is 51.2 Å². The summed E-state index contributed by atoms with van der Waals surface area (Å²) >= 11 is 0. The highest BCUT2D eigenvalue weighted by atomic mass is 16.3. The molecule has 3 rings (SSSR count). The highest BCUT2D eigenvalue weighted by Crippen LogP contribution is 2.27. The molecule has 1 aromatic carbocycles. The number of hydrogen-bond acceptors (Lipinski definition) is 4. The fraction of sp³-hybridized carbons (Fsp3) is 0.636. The van der Waals surface area contributed by atoms with Gasteiger partial charge in [0.25, 0.3) is 0 Å². The molecule has 1 saturated carbocycles. The van der Waals surface area contributed by atoms with E-state index in [0.717, 1.165) is 37.8 Å². The monoisotopic (exact) mass is 401 g/mol. The summed E-state index contributed by atoms with van der Waals surface area (Å²) in [5.41, 5.74) is 0.885. The van der Waals surface area contributed by atoms with Gasteiger partial charge >= 0.3 is 0 Å². The van der Waals surface area contributed by atoms with Crippen LogP contribution in [0, 0.1) is 5.92 Å². The van der Waals surface area contributed by atoms with E-state index in [-0.39, 0.29) is 5.91 Å². The van der Waals surface area contributed by atoms with Crippen LogP contribution in [0.5, 0.6) is 5.75 Å². The van der Waals surface area contributed by atoms with Crippen LogP contribution in [0.3, 0.4) is 0 Å². The molecule has 1 saturated heterocycles. The summed E-state index contributed by atoms with van der Waals surface area (Å²) < 4.78 is 0. The second kappa shape index (κ2) is 10.9. The quantitative estimate of drug-likeness (QED) is 0.387. The van der Waals surface area contributed by atoms with Gasteiger partial charge in [-0.15, -0.1) is 0 Å². The maximum absolute atomic E-state index is 12.1. The lowest BCUT2D eigenvalue weighted by atomic mass is 9.87. The van der Waals surface area contributed by atoms with Crippen LogP contribution in [0.4, 0.5) is 5.69 Å². The predicted octanol–water partition coefficient (Wildman–Crippen LogP) is 2.18. The normalized spacial score (nSPS) is 18.6. The lowest BCUT2D eigenvalue weighted by Gasteiger charge is -2.37. The van der Waals surface area contributed by atoms with Gasteiger partial charge in [0.15, 0.2) is 5.96 Å². The van der Waals surface area contributed by atoms with Gasteiger partial charge in [0.1, 0.15) is 5.75 Å². The predicted molar refractivity (Wildman–Crippen MR) is 117 cm³/mol. The van der Waals surface area contributed by atoms with Gasteiger partial charge in [-0.25, -0.2) is 0 Å². The Labute approximate surface area is 174 Å². The molecule has 0 spiro atoms. The van der Waals surface area contributed by atoms with Crippen molar-refractivity contribution < 1.29 is 9.90 Å². The number of carbonyl (C=O) groups is 1. The number of hydrogen-bond donors (Lipinski definition) is 3. The molecule has 1 aliphatic carbocycles. The van der Waals surface area contributed by atoms with Crippen molar-refractivity contribution in [3.05, 3.63) is 24.3 Å². The minimum atomic E-state index is 0.171. The van der Waals surface area contributed by atoms with Crippen molar-refractivity contribution in [2.45, 2.75) is 38.5 Å². The molecular formula is C22H35N5O2. The molecule has 1 aliphatic heterocycles. The fourth-order valence-electron chi connectivity index (χ4n) is 4.32. The summed E-state index contributed by atoms with van der Waals surface area (Å²) in [6.45, 7) is 4.61. The zero-order valence-corrected chi connectivity index (χ0v) is 17.6. The highest BCUT2D eigenvalue weighted by Gasteiger charge is 2.21. The molecule has 0 radical (unpaired) electrons. The first kappa shape index (κ1) is 21.3. The summed E-state index contributed by atoms with van der Waals surface area (Å²) in [6.07, 6.45) is 6.93. The average Bonchev–Trinajstić information content (AvgIpc) is 2.75. The number of phenols is 1. The van der Waals surface area contributed by atoms with Crippen LogP contribution in [0.2, 0.25) is 0 Å². The minimum absolute atomic E-state index is 0.171. The number of nitrogens with one attached hydrogen (secondary N) is 2. The molecule has 3 N–H and O–H groups in total. The Morgan fingerprint density at radius 2 is 1.76 bits per heavy atom. The summed E-state index contributed by atoms with van der Waals surface area (Å²) in [5.74, 6) is 1.94. The number of benzene rings is 1. The van der Waals surface area contributed by atoms with Gasteiger partial charge in [-0.05, 0) is 30.9 Å². The van der Waals surface area contributed by atoms with E-state index in [1.165, 1.54) is 32.1 Å². The van der Waals surface area contributed by atoms with E-state index < -0.39 is 0 Å². The van der Waals surface area contributed by atoms with E-state index in [9.17, 15) is 9.90 Å². The van der Waals surface area contributed by atoms with Crippen LogP contribution in [-0.2, 0) is 4.79 Å². The molecule has 0 unspecified atom stereocenters. The second-order valence-electron chi connectivity index (χ2n) is 7.99. The molecule has 0 bridgehead atoms. The molecule has 1 amide bonds. The van der Waals surface area contributed by atoms with E-state index in [2.05, 4.69) is 25.4 Å². The molecule has 7 heteroatoms. The summed E-state index contributed by atoms with van der Waals surface area (Å²) in [6, 6.07) is 7.47. The number of anilines is 1. The smallest absolute Gasteiger partial charge is 0.220 e. The summed E-state index contributed by atoms with van der Waals surface area (Å²) in [7, 11) is 1.79. The van der Waals surface area contributed by atoms with Gasteiger partial charge in [0.05, 0.1) is 5.69 Å². The Hall–Kier alpha value is -2.44. The molecule has 1 aromatic rings. The lowest BCUT2D eigenvalue weighted by molar-refractivity contribution is -0.122. The van der Waals surface area contributed by atoms with Crippen LogP contribution in [0.25, 0.3) is 0 Å². The Morgan fingerprint density at radius 1 is 1.07 bits per heavy atom. The Kier molecular flexibility index (Phi) is 8.02. The van der Waals surface area contributed by atoms with E-state index in [4.69, 9.17) is 0 Å². The van der Waals surface area contributed by atoms with E-state index in [1.54, 1.807) is 13.1 Å². The summed E-state index contributed by atoms with van der Waals surface area (Å²) in [5, 5.41) is 16.4. The zero-order valence-electron chi connectivity index (χ0n) is 17.6. The van der Waals surface area contributed by atoms with E-state index in [1.807, 2.05) is 18.2 Å². The van der Waals surface area contributed by atoms with Gasteiger partial charge in [-0.1, -0.05) is 31.4 Å². The first-order valence-electron chi connectivity index (χ1n) is 10.9. The first-order chi connectivity index (χ1) is 14.2. The van der Waals surface area contributed by atoms with Crippen molar-refractivity contribution >= 4 is 17.6 Å². The molecule has 2 fully saturated rings. The largest absolute Gasteiger partial charge is 0.506 e. The Balaban J connectivity index is 1.35. The maximum Gasteiger partial charge on any atom is 0.220 e. The Bertz CT molecular complexity index is 680. The molecule has 0 atom stereocenters. The number of rotatable bonds is 6. The number of piperazine rings is 1. The van der Waals surface area contributed by atoms with Crippen molar-refractivity contribution in [3.8, 4) is 5.75 Å². The number of guanidine groups is 1. The van der Waals surface area contributed by atoms with Crippen LogP contribution in [0.15, 0.2) is 29.3 Å². The van der Waals surface area contributed by atoms with Crippen LogP contribution < -0.4 is 15.5 Å². The third-order valence-electron chi connectivity index (χ3n) is 5.94. The third-order valence-corrected chi connectivity index (χ3v) is 5.94. The van der Waals surface area contributed by atoms with Gasteiger partial charge in [0.2, 0.25) is 5.91 Å². The highest BCUT2D eigenvalue weighted by molar-refractivity contribution is 5.80. The maximum atomic E-state index is 12.1. The first-order valence-corrected chi connectivity index (χ1v) is 10.9. The molecule has 0 aromatic heterocycles. The SMILES string of the molecule is CN=C(NCCNC(=O)CC1CCCCC1)N1CCN(c2ccccc2O)CC1. The van der Waals surface area contributed by atoms with Crippen LogP contribution >= 0.6 is 0 Å². The van der Waals surface area contributed by atoms with Crippen molar-refractivity contribution in [1.29, 1.82) is 0 Å². The van der Waals surface area contributed by atoms with Crippen molar-refractivity contribution in [2.24, 2.45) is 10.9 Å². The number of aliphatic imine (C=N–C) groups is 1. The molecule has 2 aliphatic rings. The molecule has 7 nitrogen and oxygen atoms in total. The lowest BCUT2D eigenvalue weighted by Crippen LogP contribution is -2.53. The third kappa shape index (κ3) is 6.27. The Morgan fingerprint density at radius 3 is 2.45 bits per heavy atom. The van der Waals surface area contributed by atoms with Crippen LogP contribution in [-0.4, -0.2) is 68.2 Å². The average molecular weight is 402 g/mol. The van der Waals surface area contributed by atoms with E-state index >= 15 is 0 Å². The van der Waals surface area contributed by atoms with E-state index in [0.29, 0.717) is 31.2 Å². The molecule has 160 valence electrons. The number of amides is 1. The standard InChI is InChI=1S/C22H35N5O2/c1-23-22(25-12-11-24-21(29)17-18-7-3-2-4-8-18)27-15-13-26(14-16-27)19-9-5-6-10-20(19)28/h5-6,9-10,18,28H,2-4,7-8,11-17H2,1H3,(H,23,25)(H,24,29). The van der Waals surface area contributed by atoms with Crippen LogP contribution in [0.1, 0.15) is 38.5 Å². The fourth-order valence-corrected chi connectivity index (χ4v) is 4.32. The zero-order chi connectivity index (χ0) is 20.5. The number of para-hydroxylation sites is 2. The van der Waals surface area contributed by atoms with Crippen molar-refractivity contribution in [3.63, 3.8) is 0 Å². The molecular weight excluding hydrogens is 366 g/mol. The summed E-state index contributed by atoms with van der Waals surface area (Å²) in [4.78, 5) is 20.9. The molecule has 1 heterocycles. The number of nitrogens with zero attached hydrogens (tertiary/aromatic N) is 3. The van der Waals surface area contributed by atoms with Gasteiger partial charge in [-0.2, -0.15) is 0 Å². The van der Waals surface area contributed by atoms with Crippen molar-refractivity contribution in [1.82, 2.24) is 15.5 Å². The number of phenolic OH excluding ortho intramolecular Hbond substituents is 1. The minimum Gasteiger partial charge on any atom is -0.506 e. The van der Waals surface area contributed by atoms with Gasteiger partial charge in [0, 0.05) is 52.7 Å². The van der Waals surface area contributed by atoms with Gasteiger partial charge < -0.3 is 25.5 Å². The molecule has 29 heavy (non-hydrogen) atoms. The number of carbonyl (C=O) groups excluding carboxylic acids is 1. The van der Waals surface area contributed by atoms with Gasteiger partial charge in [-0.3, -0.25) is 9.79 Å². The topological polar surface area (TPSA) is 80.2 Å².